The Morgan fingerprint density at radius 3 is 0.737 bits per heavy atom. The van der Waals surface area contributed by atoms with E-state index >= 15 is 0 Å². The van der Waals surface area contributed by atoms with E-state index in [1.54, 1.807) is 0 Å². The third kappa shape index (κ3) is 6.25. The number of fused-ring (bicyclic) bond motifs is 12. The monoisotopic (exact) mass is 958 g/mol. The second-order valence-corrected chi connectivity index (χ2v) is 20.5. The lowest BCUT2D eigenvalue weighted by molar-refractivity contribution is 1.67. The van der Waals surface area contributed by atoms with Crippen molar-refractivity contribution in [3.63, 3.8) is 0 Å². The zero-order valence-electron chi connectivity index (χ0n) is 41.6. The summed E-state index contributed by atoms with van der Waals surface area (Å²) in [7, 11) is 0. The van der Waals surface area contributed by atoms with Crippen LogP contribution in [0, 0.1) is 0 Å². The Kier molecular flexibility index (Phi) is 9.44. The molecule has 0 fully saturated rings. The van der Waals surface area contributed by atoms with Gasteiger partial charge in [0.05, 0.1) is 0 Å². The molecule has 0 N–H and O–H groups in total. The van der Waals surface area contributed by atoms with Crippen molar-refractivity contribution in [3.05, 3.63) is 279 Å². The predicted molar refractivity (Wildman–Crippen MR) is 329 cm³/mol. The van der Waals surface area contributed by atoms with E-state index in [1.165, 1.54) is 163 Å². The zero-order chi connectivity index (χ0) is 49.8. The minimum Gasteiger partial charge on any atom is -0.0622 e. The van der Waals surface area contributed by atoms with E-state index < -0.39 is 0 Å². The van der Waals surface area contributed by atoms with Crippen LogP contribution in [0.2, 0.25) is 0 Å². The highest BCUT2D eigenvalue weighted by Crippen LogP contribution is 2.52. The lowest BCUT2D eigenvalue weighted by atomic mass is 9.81. The zero-order valence-corrected chi connectivity index (χ0v) is 41.6. The van der Waals surface area contributed by atoms with Crippen LogP contribution in [-0.2, 0) is 0 Å². The highest BCUT2D eigenvalue weighted by molar-refractivity contribution is 6.32. The van der Waals surface area contributed by atoms with E-state index in [4.69, 9.17) is 0 Å². The minimum atomic E-state index is 1.23. The maximum absolute atomic E-state index is 2.44. The van der Waals surface area contributed by atoms with Crippen molar-refractivity contribution >= 4 is 108 Å². The second kappa shape index (κ2) is 16.8. The first-order valence-corrected chi connectivity index (χ1v) is 26.5. The molecular weight excluding hydrogens is 913 g/mol. The average Bonchev–Trinajstić information content (AvgIpc) is 3.53. The molecule has 16 rings (SSSR count). The molecule has 0 aliphatic heterocycles. The summed E-state index contributed by atoms with van der Waals surface area (Å²) >= 11 is 0. The minimum absolute atomic E-state index is 1.23. The van der Waals surface area contributed by atoms with Crippen molar-refractivity contribution in [1.82, 2.24) is 0 Å². The van der Waals surface area contributed by atoms with Gasteiger partial charge in [-0.3, -0.25) is 0 Å². The third-order valence-corrected chi connectivity index (χ3v) is 16.6. The molecule has 0 amide bonds. The summed E-state index contributed by atoms with van der Waals surface area (Å²) in [5.74, 6) is 0. The van der Waals surface area contributed by atoms with E-state index in [2.05, 4.69) is 279 Å². The van der Waals surface area contributed by atoms with Gasteiger partial charge in [-0.1, -0.05) is 267 Å². The van der Waals surface area contributed by atoms with Crippen molar-refractivity contribution in [2.45, 2.75) is 0 Å². The van der Waals surface area contributed by atoms with Gasteiger partial charge in [0.15, 0.2) is 0 Å². The SMILES string of the molecule is c1ccc(-c2c3ccccc3c(-c3c4ccccc4cc4c3ccc3c(-c5cccc6c5ccc5c(-c7c8ccccc8c(-c8ccccc8)c8ccccc78)c7ccccc7cc56)cccc34)c3ccccc23)cc1. The summed E-state index contributed by atoms with van der Waals surface area (Å²) in [6, 6.07) is 104. The highest BCUT2D eigenvalue weighted by atomic mass is 14.3. The first-order valence-electron chi connectivity index (χ1n) is 26.5. The Hall–Kier alpha value is -9.88. The predicted octanol–water partition coefficient (Wildman–Crippen LogP) is 21.6. The Morgan fingerprint density at radius 1 is 0.132 bits per heavy atom. The van der Waals surface area contributed by atoms with Crippen molar-refractivity contribution in [2.24, 2.45) is 0 Å². The largest absolute Gasteiger partial charge is 0.0622 e. The lowest BCUT2D eigenvalue weighted by Gasteiger charge is -2.21. The Labute approximate surface area is 440 Å². The number of benzene rings is 16. The van der Waals surface area contributed by atoms with E-state index in [0.29, 0.717) is 0 Å². The molecule has 16 aromatic carbocycles. The first-order chi connectivity index (χ1) is 37.8. The molecule has 0 heteroatoms. The van der Waals surface area contributed by atoms with Crippen molar-refractivity contribution in [3.8, 4) is 55.6 Å². The first kappa shape index (κ1) is 42.6. The molecule has 0 nitrogen and oxygen atoms in total. The van der Waals surface area contributed by atoms with Crippen LogP contribution in [0.3, 0.4) is 0 Å². The molecule has 0 heterocycles. The fourth-order valence-corrected chi connectivity index (χ4v) is 13.4. The molecular formula is C76H46. The molecule has 0 atom stereocenters. The maximum Gasteiger partial charge on any atom is -0.00139 e. The Bertz CT molecular complexity index is 4650. The van der Waals surface area contributed by atoms with E-state index in [0.717, 1.165) is 0 Å². The van der Waals surface area contributed by atoms with Crippen LogP contribution >= 0.6 is 0 Å². The van der Waals surface area contributed by atoms with Gasteiger partial charge in [0.25, 0.3) is 0 Å². The molecule has 0 spiro atoms. The fourth-order valence-electron chi connectivity index (χ4n) is 13.4. The topological polar surface area (TPSA) is 0 Å². The van der Waals surface area contributed by atoms with E-state index in [-0.39, 0.29) is 0 Å². The summed E-state index contributed by atoms with van der Waals surface area (Å²) in [6.07, 6.45) is 0. The van der Waals surface area contributed by atoms with Gasteiger partial charge in [-0.15, -0.1) is 0 Å². The van der Waals surface area contributed by atoms with Crippen LogP contribution in [0.4, 0.5) is 0 Å². The summed E-state index contributed by atoms with van der Waals surface area (Å²) in [5, 5.41) is 25.1. The molecule has 0 unspecified atom stereocenters. The Balaban J connectivity index is 0.947. The quantitative estimate of drug-likeness (QED) is 0.119. The normalized spacial score (nSPS) is 11.9. The third-order valence-electron chi connectivity index (χ3n) is 16.6. The summed E-state index contributed by atoms with van der Waals surface area (Å²) < 4.78 is 0. The summed E-state index contributed by atoms with van der Waals surface area (Å²) in [5.41, 5.74) is 12.6. The average molecular weight is 959 g/mol. The molecule has 0 aliphatic carbocycles. The number of rotatable bonds is 5. The molecule has 0 saturated carbocycles. The highest BCUT2D eigenvalue weighted by Gasteiger charge is 2.24. The van der Waals surface area contributed by atoms with E-state index in [9.17, 15) is 0 Å². The standard InChI is InChI=1S/C76H46/c1-3-21-47(22-4-1)71-59-29-11-15-33-63(59)75(64-34-16-12-30-60(64)71)73-51-27-9-7-25-49(51)45-69-55-39-19-37-53(57(55)41-43-67(69)73)54-38-20-40-56-58(54)42-44-68-70(56)46-50-26-8-10-28-52(50)74(68)76-65-35-17-13-31-61(65)72(48-23-5-2-6-24-48)62-32-14-18-36-66(62)76/h1-46H. The molecule has 76 heavy (non-hydrogen) atoms. The Morgan fingerprint density at radius 2 is 0.382 bits per heavy atom. The van der Waals surface area contributed by atoms with Gasteiger partial charge in [0, 0.05) is 0 Å². The number of hydrogen-bond acceptors (Lipinski definition) is 0. The van der Waals surface area contributed by atoms with Crippen molar-refractivity contribution in [1.29, 1.82) is 0 Å². The second-order valence-electron chi connectivity index (χ2n) is 20.5. The van der Waals surface area contributed by atoms with Crippen LogP contribution < -0.4 is 0 Å². The smallest absolute Gasteiger partial charge is 0.00139 e. The lowest BCUT2D eigenvalue weighted by Crippen LogP contribution is -1.94. The van der Waals surface area contributed by atoms with Gasteiger partial charge in [0.2, 0.25) is 0 Å². The van der Waals surface area contributed by atoms with Crippen molar-refractivity contribution in [2.75, 3.05) is 0 Å². The van der Waals surface area contributed by atoms with Gasteiger partial charge >= 0.3 is 0 Å². The molecule has 0 bridgehead atoms. The molecule has 0 aliphatic rings. The van der Waals surface area contributed by atoms with Crippen LogP contribution in [0.1, 0.15) is 0 Å². The van der Waals surface area contributed by atoms with Gasteiger partial charge in [-0.25, -0.2) is 0 Å². The van der Waals surface area contributed by atoms with Gasteiger partial charge in [0.1, 0.15) is 0 Å². The molecule has 350 valence electrons. The van der Waals surface area contributed by atoms with Crippen molar-refractivity contribution < 1.29 is 0 Å². The number of hydrogen-bond donors (Lipinski definition) is 0. The van der Waals surface area contributed by atoms with Gasteiger partial charge in [-0.05, 0) is 175 Å². The summed E-state index contributed by atoms with van der Waals surface area (Å²) in [4.78, 5) is 0. The van der Waals surface area contributed by atoms with Gasteiger partial charge < -0.3 is 0 Å². The fraction of sp³-hybridized carbons (Fsp3) is 0. The van der Waals surface area contributed by atoms with Crippen LogP contribution in [0.25, 0.3) is 163 Å². The molecule has 0 saturated heterocycles. The van der Waals surface area contributed by atoms with Crippen LogP contribution in [0.5, 0.6) is 0 Å². The summed E-state index contributed by atoms with van der Waals surface area (Å²) in [6.45, 7) is 0. The molecule has 16 aromatic rings. The van der Waals surface area contributed by atoms with Gasteiger partial charge in [-0.2, -0.15) is 0 Å². The maximum atomic E-state index is 2.44. The molecule has 0 aromatic heterocycles. The van der Waals surface area contributed by atoms with Crippen LogP contribution in [-0.4, -0.2) is 0 Å². The van der Waals surface area contributed by atoms with E-state index in [1.807, 2.05) is 0 Å². The van der Waals surface area contributed by atoms with Crippen LogP contribution in [0.15, 0.2) is 279 Å². The molecule has 0 radical (unpaired) electrons.